The second kappa shape index (κ2) is 4.91. The normalized spacial score (nSPS) is 19.7. The molecule has 5 heteroatoms. The predicted octanol–water partition coefficient (Wildman–Crippen LogP) is 1.04. The van der Waals surface area contributed by atoms with Gasteiger partial charge in [-0.1, -0.05) is 6.07 Å². The largest absolute Gasteiger partial charge is 0.480 e. The zero-order valence-electron chi connectivity index (χ0n) is 11.4. The van der Waals surface area contributed by atoms with E-state index in [2.05, 4.69) is 6.07 Å². The molecule has 1 aliphatic heterocycles. The van der Waals surface area contributed by atoms with E-state index in [1.807, 2.05) is 30.9 Å². The van der Waals surface area contributed by atoms with Gasteiger partial charge in [0.25, 0.3) is 0 Å². The van der Waals surface area contributed by atoms with E-state index in [0.29, 0.717) is 6.54 Å². The Morgan fingerprint density at radius 3 is 2.37 bits per heavy atom. The van der Waals surface area contributed by atoms with Crippen molar-refractivity contribution < 1.29 is 14.7 Å². The number of likely N-dealkylation sites (N-methyl/N-ethyl adjacent to an activating group) is 1. The van der Waals surface area contributed by atoms with Crippen LogP contribution in [0.25, 0.3) is 0 Å². The minimum Gasteiger partial charge on any atom is -0.480 e. The number of nitrogens with zero attached hydrogens (tertiary/aromatic N) is 2. The van der Waals surface area contributed by atoms with Crippen molar-refractivity contribution in [2.75, 3.05) is 25.0 Å². The highest BCUT2D eigenvalue weighted by atomic mass is 16.4. The maximum atomic E-state index is 11.9. The number of carboxylic acid groups (broad SMARTS) is 1. The highest BCUT2D eigenvalue weighted by Gasteiger charge is 2.34. The van der Waals surface area contributed by atoms with Gasteiger partial charge in [0.2, 0.25) is 5.91 Å². The number of carboxylic acids is 1. The molecule has 102 valence electrons. The molecule has 0 bridgehead atoms. The molecule has 19 heavy (non-hydrogen) atoms. The summed E-state index contributed by atoms with van der Waals surface area (Å²) in [5, 5.41) is 9.18. The van der Waals surface area contributed by atoms with Gasteiger partial charge in [0, 0.05) is 19.3 Å². The molecule has 0 aromatic heterocycles. The lowest BCUT2D eigenvalue weighted by atomic mass is 10.1. The van der Waals surface area contributed by atoms with Gasteiger partial charge in [-0.25, -0.2) is 4.79 Å². The first-order valence-electron chi connectivity index (χ1n) is 6.20. The first-order valence-corrected chi connectivity index (χ1v) is 6.20. The molecule has 1 atom stereocenters. The molecule has 1 amide bonds. The fraction of sp³-hybridized carbons (Fsp3) is 0.429. The molecule has 1 N–H and O–H groups in total. The first kappa shape index (κ1) is 13.4. The van der Waals surface area contributed by atoms with Crippen LogP contribution >= 0.6 is 0 Å². The number of benzene rings is 1. The molecule has 1 fully saturated rings. The summed E-state index contributed by atoms with van der Waals surface area (Å²) in [7, 11) is 1.54. The Bertz CT molecular complexity index is 507. The lowest BCUT2D eigenvalue weighted by molar-refractivity contribution is -0.149. The van der Waals surface area contributed by atoms with Crippen LogP contribution in [0, 0.1) is 13.8 Å². The molecule has 1 unspecified atom stereocenters. The summed E-state index contributed by atoms with van der Waals surface area (Å²) in [6, 6.07) is 5.22. The summed E-state index contributed by atoms with van der Waals surface area (Å²) < 4.78 is 0. The average Bonchev–Trinajstić information content (AvgIpc) is 2.30. The molecular weight excluding hydrogens is 244 g/mol. The average molecular weight is 262 g/mol. The molecule has 0 saturated carbocycles. The summed E-state index contributed by atoms with van der Waals surface area (Å²) in [4.78, 5) is 26.2. The standard InChI is InChI=1S/C14H18N2O3/c1-9-4-10(2)6-11(5-9)16-7-12(14(18)19)15(3)13(17)8-16/h4-6,12H,7-8H2,1-3H3,(H,18,19). The van der Waals surface area contributed by atoms with Crippen LogP contribution in [0.2, 0.25) is 0 Å². The van der Waals surface area contributed by atoms with Crippen LogP contribution in [0.5, 0.6) is 0 Å². The van der Waals surface area contributed by atoms with Crippen molar-refractivity contribution in [3.63, 3.8) is 0 Å². The summed E-state index contributed by atoms with van der Waals surface area (Å²) in [5.41, 5.74) is 3.12. The number of anilines is 1. The Labute approximate surface area is 112 Å². The molecule has 0 radical (unpaired) electrons. The van der Waals surface area contributed by atoms with E-state index in [0.717, 1.165) is 16.8 Å². The van der Waals surface area contributed by atoms with E-state index >= 15 is 0 Å². The molecule has 1 aromatic rings. The number of hydrogen-bond donors (Lipinski definition) is 1. The molecule has 2 rings (SSSR count). The van der Waals surface area contributed by atoms with Gasteiger partial charge in [0.15, 0.2) is 0 Å². The van der Waals surface area contributed by atoms with Crippen LogP contribution in [0.15, 0.2) is 18.2 Å². The molecular formula is C14H18N2O3. The van der Waals surface area contributed by atoms with Crippen molar-refractivity contribution >= 4 is 17.6 Å². The van der Waals surface area contributed by atoms with Crippen LogP contribution < -0.4 is 4.90 Å². The number of carbonyl (C=O) groups excluding carboxylic acids is 1. The van der Waals surface area contributed by atoms with Crippen LogP contribution in [-0.4, -0.2) is 48.1 Å². The van der Waals surface area contributed by atoms with Crippen molar-refractivity contribution in [2.45, 2.75) is 19.9 Å². The fourth-order valence-electron chi connectivity index (χ4n) is 2.42. The minimum absolute atomic E-state index is 0.169. The van der Waals surface area contributed by atoms with E-state index in [4.69, 9.17) is 0 Å². The summed E-state index contributed by atoms with van der Waals surface area (Å²) in [6.45, 7) is 4.52. The molecule has 1 aromatic carbocycles. The number of aryl methyl sites for hydroxylation is 2. The third kappa shape index (κ3) is 2.70. The van der Waals surface area contributed by atoms with Gasteiger partial charge in [0.05, 0.1) is 6.54 Å². The van der Waals surface area contributed by atoms with E-state index in [9.17, 15) is 14.7 Å². The monoisotopic (exact) mass is 262 g/mol. The molecule has 1 saturated heterocycles. The smallest absolute Gasteiger partial charge is 0.328 e. The van der Waals surface area contributed by atoms with Crippen molar-refractivity contribution in [2.24, 2.45) is 0 Å². The highest BCUT2D eigenvalue weighted by molar-refractivity contribution is 5.89. The van der Waals surface area contributed by atoms with Gasteiger partial charge in [-0.3, -0.25) is 4.79 Å². The number of carbonyl (C=O) groups is 2. The highest BCUT2D eigenvalue weighted by Crippen LogP contribution is 2.22. The lowest BCUT2D eigenvalue weighted by Crippen LogP contribution is -2.58. The van der Waals surface area contributed by atoms with E-state index < -0.39 is 12.0 Å². The van der Waals surface area contributed by atoms with Gasteiger partial charge < -0.3 is 14.9 Å². The minimum atomic E-state index is -0.968. The third-order valence-corrected chi connectivity index (χ3v) is 3.44. The lowest BCUT2D eigenvalue weighted by Gasteiger charge is -2.38. The molecule has 1 heterocycles. The van der Waals surface area contributed by atoms with Gasteiger partial charge in [-0.15, -0.1) is 0 Å². The Kier molecular flexibility index (Phi) is 3.46. The third-order valence-electron chi connectivity index (χ3n) is 3.44. The summed E-state index contributed by atoms with van der Waals surface area (Å²) in [5.74, 6) is -1.14. The van der Waals surface area contributed by atoms with Crippen molar-refractivity contribution in [1.29, 1.82) is 0 Å². The second-order valence-electron chi connectivity index (χ2n) is 5.09. The summed E-state index contributed by atoms with van der Waals surface area (Å²) in [6.07, 6.45) is 0. The van der Waals surface area contributed by atoms with Crippen molar-refractivity contribution in [3.05, 3.63) is 29.3 Å². The van der Waals surface area contributed by atoms with E-state index in [1.165, 1.54) is 4.90 Å². The first-order chi connectivity index (χ1) is 8.88. The van der Waals surface area contributed by atoms with Crippen LogP contribution in [0.3, 0.4) is 0 Å². The van der Waals surface area contributed by atoms with Gasteiger partial charge in [-0.05, 0) is 37.1 Å². The fourth-order valence-corrected chi connectivity index (χ4v) is 2.42. The number of rotatable bonds is 2. The number of piperazine rings is 1. The molecule has 1 aliphatic rings. The number of aliphatic carboxylic acids is 1. The summed E-state index contributed by atoms with van der Waals surface area (Å²) >= 11 is 0. The van der Waals surface area contributed by atoms with Gasteiger partial charge in [0.1, 0.15) is 6.04 Å². The zero-order chi connectivity index (χ0) is 14.2. The van der Waals surface area contributed by atoms with Crippen LogP contribution in [0.1, 0.15) is 11.1 Å². The van der Waals surface area contributed by atoms with Crippen LogP contribution in [0.4, 0.5) is 5.69 Å². The molecule has 5 nitrogen and oxygen atoms in total. The van der Waals surface area contributed by atoms with Crippen molar-refractivity contribution in [1.82, 2.24) is 4.90 Å². The Balaban J connectivity index is 2.30. The SMILES string of the molecule is Cc1cc(C)cc(N2CC(=O)N(C)C(C(=O)O)C2)c1. The molecule has 0 aliphatic carbocycles. The Hall–Kier alpha value is -2.04. The van der Waals surface area contributed by atoms with Crippen LogP contribution in [-0.2, 0) is 9.59 Å². The second-order valence-corrected chi connectivity index (χ2v) is 5.09. The van der Waals surface area contributed by atoms with E-state index in [1.54, 1.807) is 7.05 Å². The molecule has 0 spiro atoms. The Morgan fingerprint density at radius 2 is 1.84 bits per heavy atom. The number of amides is 1. The quantitative estimate of drug-likeness (QED) is 0.865. The van der Waals surface area contributed by atoms with Gasteiger partial charge in [-0.2, -0.15) is 0 Å². The maximum Gasteiger partial charge on any atom is 0.328 e. The zero-order valence-corrected chi connectivity index (χ0v) is 11.4. The van der Waals surface area contributed by atoms with Gasteiger partial charge >= 0.3 is 5.97 Å². The van der Waals surface area contributed by atoms with Crippen molar-refractivity contribution in [3.8, 4) is 0 Å². The van der Waals surface area contributed by atoms with E-state index in [-0.39, 0.29) is 12.5 Å². The maximum absolute atomic E-state index is 11.9. The Morgan fingerprint density at radius 1 is 1.26 bits per heavy atom. The topological polar surface area (TPSA) is 60.9 Å². The number of hydrogen-bond acceptors (Lipinski definition) is 3. The predicted molar refractivity (Wildman–Crippen MR) is 72.3 cm³/mol.